The number of rotatable bonds is 3. The molecule has 1 amide bonds. The zero-order valence-electron chi connectivity index (χ0n) is 7.42. The van der Waals surface area contributed by atoms with Gasteiger partial charge in [-0.15, -0.1) is 0 Å². The SMILES string of the molecule is COC1CC(OC)(OC)C(=O)N1. The molecule has 1 aliphatic heterocycles. The second-order valence-electron chi connectivity index (χ2n) is 2.56. The first kappa shape index (κ1) is 9.44. The van der Waals surface area contributed by atoms with Crippen molar-refractivity contribution >= 4 is 5.91 Å². The van der Waals surface area contributed by atoms with E-state index in [9.17, 15) is 4.79 Å². The molecule has 0 aliphatic carbocycles. The Morgan fingerprint density at radius 3 is 2.25 bits per heavy atom. The predicted octanol–water partition coefficient (Wildman–Crippen LogP) is -0.532. The van der Waals surface area contributed by atoms with Gasteiger partial charge in [-0.25, -0.2) is 0 Å². The molecule has 5 heteroatoms. The fourth-order valence-electron chi connectivity index (χ4n) is 1.22. The lowest BCUT2D eigenvalue weighted by Gasteiger charge is -2.21. The third kappa shape index (κ3) is 1.31. The Hall–Kier alpha value is -0.650. The maximum atomic E-state index is 11.3. The average molecular weight is 175 g/mol. The number of amides is 1. The van der Waals surface area contributed by atoms with Crippen LogP contribution in [-0.2, 0) is 19.0 Å². The maximum absolute atomic E-state index is 11.3. The molecule has 0 aromatic rings. The van der Waals surface area contributed by atoms with Gasteiger partial charge in [-0.05, 0) is 0 Å². The fourth-order valence-corrected chi connectivity index (χ4v) is 1.22. The number of hydrogen-bond donors (Lipinski definition) is 1. The molecule has 0 bridgehead atoms. The van der Waals surface area contributed by atoms with Gasteiger partial charge in [0.25, 0.3) is 11.7 Å². The van der Waals surface area contributed by atoms with Gasteiger partial charge >= 0.3 is 0 Å². The molecule has 0 aromatic heterocycles. The molecular weight excluding hydrogens is 162 g/mol. The van der Waals surface area contributed by atoms with E-state index in [0.29, 0.717) is 6.42 Å². The first-order valence-corrected chi connectivity index (χ1v) is 3.62. The van der Waals surface area contributed by atoms with E-state index in [0.717, 1.165) is 0 Å². The van der Waals surface area contributed by atoms with Crippen LogP contribution >= 0.6 is 0 Å². The van der Waals surface area contributed by atoms with Gasteiger partial charge in [-0.2, -0.15) is 0 Å². The van der Waals surface area contributed by atoms with Crippen molar-refractivity contribution in [2.45, 2.75) is 18.4 Å². The number of carbonyl (C=O) groups excluding carboxylic acids is 1. The molecule has 12 heavy (non-hydrogen) atoms. The molecule has 1 atom stereocenters. The van der Waals surface area contributed by atoms with E-state index in [1.54, 1.807) is 0 Å². The molecule has 1 rings (SSSR count). The van der Waals surface area contributed by atoms with Gasteiger partial charge < -0.3 is 19.5 Å². The van der Waals surface area contributed by atoms with E-state index in [1.807, 2.05) is 0 Å². The highest BCUT2D eigenvalue weighted by Crippen LogP contribution is 2.24. The van der Waals surface area contributed by atoms with E-state index in [1.165, 1.54) is 21.3 Å². The van der Waals surface area contributed by atoms with Crippen LogP contribution in [0.3, 0.4) is 0 Å². The summed E-state index contributed by atoms with van der Waals surface area (Å²) in [6, 6.07) is 0. The van der Waals surface area contributed by atoms with E-state index in [-0.39, 0.29) is 12.1 Å². The predicted molar refractivity (Wildman–Crippen MR) is 40.3 cm³/mol. The van der Waals surface area contributed by atoms with Crippen LogP contribution in [0.5, 0.6) is 0 Å². The van der Waals surface area contributed by atoms with E-state index < -0.39 is 5.79 Å². The van der Waals surface area contributed by atoms with Gasteiger partial charge in [-0.1, -0.05) is 0 Å². The zero-order valence-corrected chi connectivity index (χ0v) is 7.42. The highest BCUT2D eigenvalue weighted by atomic mass is 16.7. The number of methoxy groups -OCH3 is 3. The third-order valence-electron chi connectivity index (χ3n) is 2.04. The Bertz CT molecular complexity index is 178. The Labute approximate surface area is 71.0 Å². The largest absolute Gasteiger partial charge is 0.362 e. The molecule has 0 aromatic carbocycles. The van der Waals surface area contributed by atoms with Crippen LogP contribution in [0.15, 0.2) is 0 Å². The molecule has 0 radical (unpaired) electrons. The van der Waals surface area contributed by atoms with Crippen molar-refractivity contribution in [3.63, 3.8) is 0 Å². The van der Waals surface area contributed by atoms with Crippen LogP contribution < -0.4 is 5.32 Å². The lowest BCUT2D eigenvalue weighted by molar-refractivity contribution is -0.204. The summed E-state index contributed by atoms with van der Waals surface area (Å²) in [4.78, 5) is 11.3. The minimum atomic E-state index is -1.17. The van der Waals surface area contributed by atoms with E-state index in [2.05, 4.69) is 5.32 Å². The van der Waals surface area contributed by atoms with E-state index >= 15 is 0 Å². The van der Waals surface area contributed by atoms with Crippen molar-refractivity contribution in [3.05, 3.63) is 0 Å². The van der Waals surface area contributed by atoms with Crippen molar-refractivity contribution in [3.8, 4) is 0 Å². The minimum Gasteiger partial charge on any atom is -0.362 e. The Morgan fingerprint density at radius 2 is 2.00 bits per heavy atom. The fraction of sp³-hybridized carbons (Fsp3) is 0.857. The van der Waals surface area contributed by atoms with Crippen LogP contribution in [0.2, 0.25) is 0 Å². The lowest BCUT2D eigenvalue weighted by atomic mass is 10.2. The molecule has 1 aliphatic rings. The van der Waals surface area contributed by atoms with Crippen LogP contribution in [0.1, 0.15) is 6.42 Å². The quantitative estimate of drug-likeness (QED) is 0.586. The standard InChI is InChI=1S/C7H13NO4/c1-10-5-4-7(11-2,12-3)6(9)8-5/h5H,4H2,1-3H3,(H,8,9). The average Bonchev–Trinajstić information content (AvgIpc) is 2.43. The maximum Gasteiger partial charge on any atom is 0.282 e. The Morgan fingerprint density at radius 1 is 1.42 bits per heavy atom. The van der Waals surface area contributed by atoms with Crippen molar-refractivity contribution in [2.24, 2.45) is 0 Å². The van der Waals surface area contributed by atoms with Crippen LogP contribution in [0.25, 0.3) is 0 Å². The first-order valence-electron chi connectivity index (χ1n) is 3.62. The highest BCUT2D eigenvalue weighted by Gasteiger charge is 2.48. The summed E-state index contributed by atoms with van der Waals surface area (Å²) in [5.74, 6) is -1.46. The third-order valence-corrected chi connectivity index (χ3v) is 2.04. The van der Waals surface area contributed by atoms with Gasteiger partial charge in [-0.3, -0.25) is 4.79 Å². The lowest BCUT2D eigenvalue weighted by Crippen LogP contribution is -2.41. The van der Waals surface area contributed by atoms with Crippen molar-refractivity contribution in [2.75, 3.05) is 21.3 Å². The molecule has 1 heterocycles. The molecule has 1 saturated heterocycles. The summed E-state index contributed by atoms with van der Waals surface area (Å²) in [5.41, 5.74) is 0. The second kappa shape index (κ2) is 3.38. The molecule has 70 valence electrons. The molecule has 0 saturated carbocycles. The van der Waals surface area contributed by atoms with Crippen molar-refractivity contribution in [1.29, 1.82) is 0 Å². The van der Waals surface area contributed by atoms with Crippen LogP contribution in [0, 0.1) is 0 Å². The van der Waals surface area contributed by atoms with Crippen molar-refractivity contribution in [1.82, 2.24) is 5.32 Å². The Balaban J connectivity index is 2.72. The van der Waals surface area contributed by atoms with Crippen LogP contribution in [0.4, 0.5) is 0 Å². The van der Waals surface area contributed by atoms with Gasteiger partial charge in [0.1, 0.15) is 6.23 Å². The molecular formula is C7H13NO4. The minimum absolute atomic E-state index is 0.292. The summed E-state index contributed by atoms with van der Waals surface area (Å²) in [5, 5.41) is 2.59. The molecule has 1 N–H and O–H groups in total. The molecule has 1 unspecified atom stereocenters. The molecule has 5 nitrogen and oxygen atoms in total. The smallest absolute Gasteiger partial charge is 0.282 e. The number of nitrogens with one attached hydrogen (secondary N) is 1. The topological polar surface area (TPSA) is 56.8 Å². The first-order chi connectivity index (χ1) is 5.68. The highest BCUT2D eigenvalue weighted by molar-refractivity contribution is 5.86. The molecule has 0 spiro atoms. The van der Waals surface area contributed by atoms with Crippen molar-refractivity contribution < 1.29 is 19.0 Å². The monoisotopic (exact) mass is 175 g/mol. The number of hydrogen-bond acceptors (Lipinski definition) is 4. The normalized spacial score (nSPS) is 27.2. The number of ether oxygens (including phenoxy) is 3. The Kier molecular flexibility index (Phi) is 2.66. The van der Waals surface area contributed by atoms with Gasteiger partial charge in [0.05, 0.1) is 6.42 Å². The van der Waals surface area contributed by atoms with E-state index in [4.69, 9.17) is 14.2 Å². The molecule has 1 fully saturated rings. The zero-order chi connectivity index (χ0) is 9.19. The number of carbonyl (C=O) groups is 1. The second-order valence-corrected chi connectivity index (χ2v) is 2.56. The van der Waals surface area contributed by atoms with Gasteiger partial charge in [0.2, 0.25) is 0 Å². The summed E-state index contributed by atoms with van der Waals surface area (Å²) in [6.45, 7) is 0. The van der Waals surface area contributed by atoms with Crippen LogP contribution in [-0.4, -0.2) is 39.3 Å². The van der Waals surface area contributed by atoms with Gasteiger partial charge in [0, 0.05) is 21.3 Å². The summed E-state index contributed by atoms with van der Waals surface area (Å²) in [6.07, 6.45) is 0.0485. The summed E-state index contributed by atoms with van der Waals surface area (Å²) in [7, 11) is 4.38. The van der Waals surface area contributed by atoms with Gasteiger partial charge in [0.15, 0.2) is 0 Å². The summed E-state index contributed by atoms with van der Waals surface area (Å²) >= 11 is 0. The summed E-state index contributed by atoms with van der Waals surface area (Å²) < 4.78 is 14.9.